The van der Waals surface area contributed by atoms with Gasteiger partial charge in [-0.2, -0.15) is 0 Å². The maximum atomic E-state index is 13.0. The van der Waals surface area contributed by atoms with Crippen LogP contribution in [0, 0.1) is 0 Å². The molecule has 0 aromatic carbocycles. The van der Waals surface area contributed by atoms with E-state index in [0.29, 0.717) is 11.4 Å². The van der Waals surface area contributed by atoms with Gasteiger partial charge in [-0.1, -0.05) is 0 Å². The Kier molecular flexibility index (Phi) is 9.66. The maximum Gasteiger partial charge on any atom is 0.328 e. The number of aliphatic hydroxyl groups excluding tert-OH is 2. The largest absolute Gasteiger partial charge is 0.480 e. The third-order valence-corrected chi connectivity index (χ3v) is 4.80. The fraction of sp³-hybridized carbons (Fsp3) is 0.474. The summed E-state index contributed by atoms with van der Waals surface area (Å²) in [4.78, 5) is 62.4. The highest BCUT2D eigenvalue weighted by atomic mass is 16.4. The Hall–Kier alpha value is -3.82. The summed E-state index contributed by atoms with van der Waals surface area (Å²) >= 11 is 0. The monoisotopic (exact) mass is 480 g/mol. The highest BCUT2D eigenvalue weighted by molar-refractivity contribution is 5.94. The molecule has 0 saturated carbocycles. The van der Waals surface area contributed by atoms with E-state index in [2.05, 4.69) is 30.6 Å². The van der Waals surface area contributed by atoms with Crippen LogP contribution in [0.2, 0.25) is 0 Å². The van der Waals surface area contributed by atoms with E-state index in [4.69, 9.17) is 15.9 Å². The second kappa shape index (κ2) is 12.4. The van der Waals surface area contributed by atoms with E-state index < -0.39 is 60.6 Å². The predicted molar refractivity (Wildman–Crippen MR) is 115 cm³/mol. The van der Waals surface area contributed by atoms with Gasteiger partial charge in [-0.25, -0.2) is 14.8 Å². The van der Waals surface area contributed by atoms with Crippen molar-refractivity contribution in [1.29, 1.82) is 0 Å². The van der Waals surface area contributed by atoms with Gasteiger partial charge >= 0.3 is 5.97 Å². The molecular weight excluding hydrogens is 452 g/mol. The maximum absolute atomic E-state index is 13.0. The summed E-state index contributed by atoms with van der Waals surface area (Å²) in [5.41, 5.74) is 7.03. The quantitative estimate of drug-likeness (QED) is 0.135. The van der Waals surface area contributed by atoms with Crippen LogP contribution in [0.4, 0.5) is 0 Å². The van der Waals surface area contributed by atoms with E-state index >= 15 is 0 Å². The number of aromatic amines is 2. The topological polar surface area (TPSA) is 248 Å². The second-order valence-electron chi connectivity index (χ2n) is 7.54. The number of carboxylic acid groups (broad SMARTS) is 1. The minimum Gasteiger partial charge on any atom is -0.480 e. The zero-order valence-corrected chi connectivity index (χ0v) is 18.3. The molecule has 34 heavy (non-hydrogen) atoms. The van der Waals surface area contributed by atoms with Crippen LogP contribution in [0.3, 0.4) is 0 Å². The summed E-state index contributed by atoms with van der Waals surface area (Å²) in [6, 6.07) is -5.44. The molecule has 0 bridgehead atoms. The zero-order chi connectivity index (χ0) is 25.3. The zero-order valence-electron chi connectivity index (χ0n) is 18.3. The predicted octanol–water partition coefficient (Wildman–Crippen LogP) is -3.84. The molecule has 2 rings (SSSR count). The van der Waals surface area contributed by atoms with Gasteiger partial charge in [0.2, 0.25) is 17.7 Å². The standard InChI is InChI=1S/C19H28N8O7/c1-9(29)15(18(32)26-14(6-28)19(33)34)27-17(31)13(3-11-5-22-8-24-11)25-16(30)12(20)2-10-4-21-7-23-10/h4-5,7-9,12-15,28-29H,2-3,6,20H2,1H3,(H,21,23)(H,22,24)(H,25,30)(H,26,32)(H,27,31)(H,33,34). The SMILES string of the molecule is CC(O)C(NC(=O)C(Cc1cnc[nH]1)NC(=O)C(N)Cc1cnc[nH]1)C(=O)NC(CO)C(=O)O. The van der Waals surface area contributed by atoms with Gasteiger partial charge in [0, 0.05) is 36.6 Å². The molecule has 5 atom stereocenters. The molecule has 0 radical (unpaired) electrons. The van der Waals surface area contributed by atoms with Crippen molar-refractivity contribution >= 4 is 23.7 Å². The molecular formula is C19H28N8O7. The first-order chi connectivity index (χ1) is 16.1. The molecule has 2 aromatic rings. The molecule has 0 fully saturated rings. The average Bonchev–Trinajstić information content (AvgIpc) is 3.48. The Labute approximate surface area is 193 Å². The number of aliphatic hydroxyl groups is 2. The first kappa shape index (κ1) is 26.4. The Bertz CT molecular complexity index is 948. The van der Waals surface area contributed by atoms with Crippen LogP contribution in [0.5, 0.6) is 0 Å². The summed E-state index contributed by atoms with van der Waals surface area (Å²) in [6.45, 7) is 0.316. The van der Waals surface area contributed by atoms with Crippen molar-refractivity contribution in [2.24, 2.45) is 5.73 Å². The number of hydrogen-bond donors (Lipinski definition) is 9. The molecule has 0 aliphatic heterocycles. The van der Waals surface area contributed by atoms with Gasteiger partial charge in [0.15, 0.2) is 0 Å². The van der Waals surface area contributed by atoms with E-state index in [9.17, 15) is 24.3 Å². The summed E-state index contributed by atoms with van der Waals surface area (Å²) in [5, 5.41) is 34.9. The summed E-state index contributed by atoms with van der Waals surface area (Å²) in [6.07, 6.45) is 4.41. The van der Waals surface area contributed by atoms with Gasteiger partial charge in [0.25, 0.3) is 0 Å². The molecule has 10 N–H and O–H groups in total. The molecule has 15 heteroatoms. The number of carbonyl (C=O) groups is 4. The van der Waals surface area contributed by atoms with Crippen molar-refractivity contribution in [1.82, 2.24) is 35.9 Å². The molecule has 2 heterocycles. The van der Waals surface area contributed by atoms with Crippen molar-refractivity contribution in [3.05, 3.63) is 36.4 Å². The number of aromatic nitrogens is 4. The van der Waals surface area contributed by atoms with Crippen LogP contribution in [-0.2, 0) is 32.0 Å². The molecule has 2 aromatic heterocycles. The third-order valence-electron chi connectivity index (χ3n) is 4.80. The van der Waals surface area contributed by atoms with Gasteiger partial charge in [-0.3, -0.25) is 14.4 Å². The lowest BCUT2D eigenvalue weighted by Gasteiger charge is -2.26. The lowest BCUT2D eigenvalue weighted by molar-refractivity contribution is -0.144. The first-order valence-electron chi connectivity index (χ1n) is 10.2. The van der Waals surface area contributed by atoms with Crippen molar-refractivity contribution in [2.75, 3.05) is 6.61 Å². The molecule has 3 amide bonds. The van der Waals surface area contributed by atoms with E-state index in [1.165, 1.54) is 32.0 Å². The van der Waals surface area contributed by atoms with Crippen LogP contribution in [0.15, 0.2) is 25.0 Å². The smallest absolute Gasteiger partial charge is 0.328 e. The lowest BCUT2D eigenvalue weighted by atomic mass is 10.1. The van der Waals surface area contributed by atoms with Crippen LogP contribution in [-0.4, -0.2) is 95.8 Å². The highest BCUT2D eigenvalue weighted by Crippen LogP contribution is 2.04. The number of H-pyrrole nitrogens is 2. The fourth-order valence-corrected chi connectivity index (χ4v) is 2.94. The molecule has 5 unspecified atom stereocenters. The Balaban J connectivity index is 2.13. The number of hydrogen-bond acceptors (Lipinski definition) is 9. The molecule has 0 saturated heterocycles. The van der Waals surface area contributed by atoms with Gasteiger partial charge in [0.1, 0.15) is 18.1 Å². The minimum atomic E-state index is -1.63. The number of amides is 3. The minimum absolute atomic E-state index is 0.0448. The second-order valence-corrected chi connectivity index (χ2v) is 7.54. The average molecular weight is 480 g/mol. The first-order valence-corrected chi connectivity index (χ1v) is 10.2. The van der Waals surface area contributed by atoms with E-state index in [1.807, 2.05) is 5.32 Å². The molecule has 0 aliphatic rings. The van der Waals surface area contributed by atoms with Crippen molar-refractivity contribution < 1.29 is 34.5 Å². The van der Waals surface area contributed by atoms with Crippen molar-refractivity contribution in [3.63, 3.8) is 0 Å². The summed E-state index contributed by atoms with van der Waals surface area (Å²) < 4.78 is 0. The Morgan fingerprint density at radius 2 is 1.50 bits per heavy atom. The lowest BCUT2D eigenvalue weighted by Crippen LogP contribution is -2.60. The molecule has 186 valence electrons. The van der Waals surface area contributed by atoms with E-state index in [1.54, 1.807) is 0 Å². The van der Waals surface area contributed by atoms with E-state index in [0.717, 1.165) is 0 Å². The van der Waals surface area contributed by atoms with Crippen molar-refractivity contribution in [3.8, 4) is 0 Å². The molecule has 0 aliphatic carbocycles. The number of aliphatic carboxylic acids is 1. The van der Waals surface area contributed by atoms with Gasteiger partial charge in [0.05, 0.1) is 31.4 Å². The van der Waals surface area contributed by atoms with Crippen LogP contribution < -0.4 is 21.7 Å². The number of imidazole rings is 2. The highest BCUT2D eigenvalue weighted by Gasteiger charge is 2.33. The molecule has 0 spiro atoms. The van der Waals surface area contributed by atoms with Crippen LogP contribution in [0.1, 0.15) is 18.3 Å². The van der Waals surface area contributed by atoms with Gasteiger partial charge < -0.3 is 47.0 Å². The number of rotatable bonds is 13. The Morgan fingerprint density at radius 3 is 1.97 bits per heavy atom. The molecule has 15 nitrogen and oxygen atoms in total. The van der Waals surface area contributed by atoms with Gasteiger partial charge in [-0.15, -0.1) is 0 Å². The van der Waals surface area contributed by atoms with Crippen LogP contribution in [0.25, 0.3) is 0 Å². The third kappa shape index (κ3) is 7.65. The number of carboxylic acids is 1. The Morgan fingerprint density at radius 1 is 0.941 bits per heavy atom. The summed E-state index contributed by atoms with van der Waals surface area (Å²) in [7, 11) is 0. The fourth-order valence-electron chi connectivity index (χ4n) is 2.94. The number of carbonyl (C=O) groups excluding carboxylic acids is 3. The van der Waals surface area contributed by atoms with Crippen LogP contribution >= 0.6 is 0 Å². The number of nitrogens with zero attached hydrogens (tertiary/aromatic N) is 2. The van der Waals surface area contributed by atoms with E-state index in [-0.39, 0.29) is 12.8 Å². The van der Waals surface area contributed by atoms with Crippen molar-refractivity contribution in [2.45, 2.75) is 50.0 Å². The van der Waals surface area contributed by atoms with Gasteiger partial charge in [-0.05, 0) is 6.92 Å². The summed E-state index contributed by atoms with van der Waals surface area (Å²) in [5.74, 6) is -4.03. The normalized spacial score (nSPS) is 15.4. The number of nitrogens with two attached hydrogens (primary N) is 1. The number of nitrogens with one attached hydrogen (secondary N) is 5.